The molecule has 0 nitrogen and oxygen atoms in total. The summed E-state index contributed by atoms with van der Waals surface area (Å²) in [7, 11) is 0. The van der Waals surface area contributed by atoms with Gasteiger partial charge in [0.2, 0.25) is 0 Å². The van der Waals surface area contributed by atoms with Gasteiger partial charge in [0.15, 0.2) is 0 Å². The third kappa shape index (κ3) is 64.5. The summed E-state index contributed by atoms with van der Waals surface area (Å²) < 4.78 is 0. The zero-order chi connectivity index (χ0) is 0. The molecule has 0 saturated heterocycles. The molecule has 0 saturated carbocycles. The summed E-state index contributed by atoms with van der Waals surface area (Å²) >= 11 is 0. The van der Waals surface area contributed by atoms with E-state index in [2.05, 4.69) is 0 Å². The fourth-order valence-corrected chi connectivity index (χ4v) is 0. The molecule has 48 valence electrons. The third-order valence-electron chi connectivity index (χ3n) is 0. The van der Waals surface area contributed by atoms with Crippen LogP contribution in [0.1, 0.15) is 0 Å². The quantitative estimate of drug-likeness (QED) is 0.541. The summed E-state index contributed by atoms with van der Waals surface area (Å²) in [4.78, 5) is 0. The van der Waals surface area contributed by atoms with E-state index < -0.39 is 0 Å². The van der Waals surface area contributed by atoms with E-state index in [4.69, 9.17) is 0 Å². The fourth-order valence-electron chi connectivity index (χ4n) is 0. The van der Waals surface area contributed by atoms with Crippen molar-refractivity contribution < 1.29 is 14.1 Å². The first-order valence-electron chi connectivity index (χ1n) is 0. The van der Waals surface area contributed by atoms with E-state index in [1.165, 1.54) is 0 Å². The normalized spacial score (nSPS) is 0. The van der Waals surface area contributed by atoms with Crippen LogP contribution in [0.5, 0.6) is 0 Å². The van der Waals surface area contributed by atoms with Crippen LogP contribution in [0.15, 0.2) is 0 Å². The molecule has 0 rings (SSSR count). The first kappa shape index (κ1) is 195. The Bertz CT molecular complexity index is 8.75. The zero-order valence-corrected chi connectivity index (χ0v) is 8.42. The van der Waals surface area contributed by atoms with Gasteiger partial charge in [-0.15, -0.1) is 24.8 Å². The summed E-state index contributed by atoms with van der Waals surface area (Å²) in [6.45, 7) is 0. The maximum absolute atomic E-state index is 0. The number of hydrogen-bond acceptors (Lipinski definition) is 0. The first-order chi connectivity index (χ1) is 0. The van der Waals surface area contributed by atoms with Crippen molar-refractivity contribution in [3.63, 3.8) is 0 Å². The van der Waals surface area contributed by atoms with Crippen molar-refractivity contribution in [2.45, 2.75) is 0 Å². The fraction of sp³-hybridized carbons (Fsp3) is 0. The Morgan fingerprint density at radius 3 is 0.500 bits per heavy atom. The molecule has 0 N–H and O–H groups in total. The van der Waals surface area contributed by atoms with Crippen LogP contribution in [0.2, 0.25) is 0 Å². The Balaban J connectivity index is 0. The number of hydrogen-bond donors (Lipinski definition) is 0. The van der Waals surface area contributed by atoms with Gasteiger partial charge in [-0.2, -0.15) is 0 Å². The summed E-state index contributed by atoms with van der Waals surface area (Å²) in [5.74, 6) is 0. The molecule has 0 fully saturated rings. The Morgan fingerprint density at radius 2 is 0.500 bits per heavy atom. The van der Waals surface area contributed by atoms with Crippen LogP contribution in [0.25, 0.3) is 0 Å². The second-order valence-electron chi connectivity index (χ2n) is 0. The summed E-state index contributed by atoms with van der Waals surface area (Å²) in [5, 5.41) is 0. The SMILES string of the molecule is Cl.Cl.F.F.F.[SbH3]. The molecule has 0 aromatic rings. The van der Waals surface area contributed by atoms with Crippen LogP contribution in [0.3, 0.4) is 0 Å². The standard InChI is InChI=1S/2ClH.3FH.Sb.3H/h5*1H;;;;. The number of halogens is 5. The van der Waals surface area contributed by atoms with Gasteiger partial charge >= 0.3 is 24.4 Å². The van der Waals surface area contributed by atoms with Crippen molar-refractivity contribution in [2.75, 3.05) is 0 Å². The molecular formula is H8Cl2F3Sb. The second-order valence-corrected chi connectivity index (χ2v) is 0. The van der Waals surface area contributed by atoms with E-state index in [0.29, 0.717) is 0 Å². The van der Waals surface area contributed by atoms with Crippen LogP contribution in [0.4, 0.5) is 14.1 Å². The van der Waals surface area contributed by atoms with Crippen LogP contribution < -0.4 is 0 Å². The predicted molar refractivity (Wildman–Crippen MR) is 31.9 cm³/mol. The van der Waals surface area contributed by atoms with Gasteiger partial charge in [-0.05, 0) is 0 Å². The van der Waals surface area contributed by atoms with Gasteiger partial charge in [-0.3, -0.25) is 14.1 Å². The van der Waals surface area contributed by atoms with E-state index in [0.717, 1.165) is 0 Å². The zero-order valence-electron chi connectivity index (χ0n) is 2.75. The van der Waals surface area contributed by atoms with Crippen LogP contribution in [-0.2, 0) is 0 Å². The maximum atomic E-state index is 0. The minimum atomic E-state index is 0. The van der Waals surface area contributed by atoms with Crippen molar-refractivity contribution in [2.24, 2.45) is 0 Å². The van der Waals surface area contributed by atoms with Crippen molar-refractivity contribution in [1.29, 1.82) is 0 Å². The Hall–Kier alpha value is 1.19. The summed E-state index contributed by atoms with van der Waals surface area (Å²) in [6, 6.07) is 0. The second kappa shape index (κ2) is 118. The van der Waals surface area contributed by atoms with Crippen molar-refractivity contribution in [3.05, 3.63) is 0 Å². The predicted octanol–water partition coefficient (Wildman–Crippen LogP) is 0.117. The molecule has 0 aliphatic heterocycles. The monoisotopic (exact) mass is 256 g/mol. The molecule has 0 atom stereocenters. The van der Waals surface area contributed by atoms with E-state index in [1.807, 2.05) is 0 Å². The average Bonchev–Trinajstić information content (AvgIpc) is 0. The molecule has 0 amide bonds. The molecule has 0 aliphatic carbocycles. The van der Waals surface area contributed by atoms with Crippen molar-refractivity contribution in [1.82, 2.24) is 0 Å². The van der Waals surface area contributed by atoms with Crippen LogP contribution in [0, 0.1) is 0 Å². The Morgan fingerprint density at radius 1 is 0.500 bits per heavy atom. The van der Waals surface area contributed by atoms with Gasteiger partial charge < -0.3 is 0 Å². The molecule has 0 aromatic heterocycles. The minimum absolute atomic E-state index is 0. The molecule has 0 bridgehead atoms. The molecule has 6 heavy (non-hydrogen) atoms. The topological polar surface area (TPSA) is 0 Å². The van der Waals surface area contributed by atoms with Gasteiger partial charge in [0.05, 0.1) is 0 Å². The molecule has 6 heteroatoms. The van der Waals surface area contributed by atoms with E-state index in [-0.39, 0.29) is 63.4 Å². The molecule has 0 aliphatic rings. The van der Waals surface area contributed by atoms with Crippen LogP contribution in [-0.4, -0.2) is 24.4 Å². The molecular weight excluding hydrogens is 250 g/mol. The van der Waals surface area contributed by atoms with Crippen molar-refractivity contribution in [3.8, 4) is 0 Å². The average molecular weight is 258 g/mol. The number of rotatable bonds is 0. The van der Waals surface area contributed by atoms with E-state index in [1.54, 1.807) is 0 Å². The molecule has 0 spiro atoms. The summed E-state index contributed by atoms with van der Waals surface area (Å²) in [5.41, 5.74) is 0. The molecule has 0 aromatic carbocycles. The van der Waals surface area contributed by atoms with Gasteiger partial charge in [0.25, 0.3) is 0 Å². The Labute approximate surface area is 63.4 Å². The van der Waals surface area contributed by atoms with Crippen LogP contribution >= 0.6 is 24.8 Å². The molecule has 0 unspecified atom stereocenters. The van der Waals surface area contributed by atoms with Gasteiger partial charge in [0, 0.05) is 0 Å². The third-order valence-corrected chi connectivity index (χ3v) is 0. The van der Waals surface area contributed by atoms with Gasteiger partial charge in [-0.1, -0.05) is 0 Å². The van der Waals surface area contributed by atoms with Crippen molar-refractivity contribution >= 4 is 49.2 Å². The van der Waals surface area contributed by atoms with E-state index in [9.17, 15) is 0 Å². The Kier molecular flexibility index (Phi) is 3830. The molecule has 0 heterocycles. The first-order valence-corrected chi connectivity index (χ1v) is 0. The summed E-state index contributed by atoms with van der Waals surface area (Å²) in [6.07, 6.45) is 0. The molecule has 0 radical (unpaired) electrons. The van der Waals surface area contributed by atoms with Gasteiger partial charge in [0.1, 0.15) is 0 Å². The van der Waals surface area contributed by atoms with E-state index >= 15 is 0 Å². The van der Waals surface area contributed by atoms with Gasteiger partial charge in [-0.25, -0.2) is 0 Å².